The van der Waals surface area contributed by atoms with E-state index in [9.17, 15) is 4.79 Å². The van der Waals surface area contributed by atoms with E-state index in [1.165, 1.54) is 0 Å². The maximum atomic E-state index is 12.3. The predicted molar refractivity (Wildman–Crippen MR) is 80.4 cm³/mol. The van der Waals surface area contributed by atoms with Crippen LogP contribution in [0.25, 0.3) is 0 Å². The summed E-state index contributed by atoms with van der Waals surface area (Å²) >= 11 is 3.43. The zero-order chi connectivity index (χ0) is 14.1. The zero-order valence-corrected chi connectivity index (χ0v) is 12.6. The van der Waals surface area contributed by atoms with Crippen LogP contribution < -0.4 is 10.6 Å². The van der Waals surface area contributed by atoms with E-state index in [4.69, 9.17) is 0 Å². The van der Waals surface area contributed by atoms with Crippen molar-refractivity contribution in [3.05, 3.63) is 46.0 Å². The number of nitrogens with zero attached hydrogens (tertiary/aromatic N) is 1. The topological polar surface area (TPSA) is 69.8 Å². The smallest absolute Gasteiger partial charge is 0.241 e. The standard InChI is InChI=1S/C14H15BrN4O/c1-8-2-9(15)4-10(3-8)19-14(20)12-5-11-13(6-16-12)18-7-17-11/h2-4,7,12,16H,5-6H2,1H3,(H,17,18)(H,19,20). The summed E-state index contributed by atoms with van der Waals surface area (Å²) in [6.07, 6.45) is 2.28. The summed E-state index contributed by atoms with van der Waals surface area (Å²) in [6.45, 7) is 2.64. The summed E-state index contributed by atoms with van der Waals surface area (Å²) < 4.78 is 0.957. The van der Waals surface area contributed by atoms with E-state index in [2.05, 4.69) is 36.5 Å². The molecule has 0 spiro atoms. The van der Waals surface area contributed by atoms with E-state index >= 15 is 0 Å². The molecule has 6 heteroatoms. The monoisotopic (exact) mass is 334 g/mol. The van der Waals surface area contributed by atoms with Gasteiger partial charge in [-0.05, 0) is 30.7 Å². The number of fused-ring (bicyclic) bond motifs is 1. The van der Waals surface area contributed by atoms with E-state index < -0.39 is 0 Å². The molecule has 1 atom stereocenters. The van der Waals surface area contributed by atoms with Gasteiger partial charge >= 0.3 is 0 Å². The molecule has 104 valence electrons. The first-order valence-corrected chi connectivity index (χ1v) is 7.23. The van der Waals surface area contributed by atoms with Crippen molar-refractivity contribution < 1.29 is 4.79 Å². The van der Waals surface area contributed by atoms with Gasteiger partial charge in [-0.15, -0.1) is 0 Å². The molecule has 20 heavy (non-hydrogen) atoms. The van der Waals surface area contributed by atoms with Crippen LogP contribution in [0.2, 0.25) is 0 Å². The number of hydrogen-bond acceptors (Lipinski definition) is 3. The number of hydrogen-bond donors (Lipinski definition) is 3. The molecular weight excluding hydrogens is 320 g/mol. The van der Waals surface area contributed by atoms with Gasteiger partial charge in [-0.2, -0.15) is 0 Å². The van der Waals surface area contributed by atoms with E-state index in [0.29, 0.717) is 13.0 Å². The summed E-state index contributed by atoms with van der Waals surface area (Å²) in [7, 11) is 0. The molecular formula is C14H15BrN4O. The fourth-order valence-electron chi connectivity index (χ4n) is 2.39. The number of aromatic amines is 1. The largest absolute Gasteiger partial charge is 0.347 e. The van der Waals surface area contributed by atoms with Gasteiger partial charge in [0.05, 0.1) is 23.8 Å². The van der Waals surface area contributed by atoms with Crippen molar-refractivity contribution in [3.63, 3.8) is 0 Å². The number of rotatable bonds is 2. The van der Waals surface area contributed by atoms with Gasteiger partial charge in [0.1, 0.15) is 0 Å². The van der Waals surface area contributed by atoms with Crippen LogP contribution >= 0.6 is 15.9 Å². The second kappa shape index (κ2) is 5.38. The van der Waals surface area contributed by atoms with Gasteiger partial charge in [-0.3, -0.25) is 10.1 Å². The minimum Gasteiger partial charge on any atom is -0.347 e. The van der Waals surface area contributed by atoms with E-state index in [0.717, 1.165) is 27.1 Å². The average Bonchev–Trinajstić information content (AvgIpc) is 2.84. The molecule has 1 aliphatic rings. The minimum atomic E-state index is -0.245. The Morgan fingerprint density at radius 3 is 3.10 bits per heavy atom. The molecule has 0 radical (unpaired) electrons. The van der Waals surface area contributed by atoms with Gasteiger partial charge in [0.25, 0.3) is 0 Å². The molecule has 1 aromatic heterocycles. The molecule has 2 aromatic rings. The second-order valence-electron chi connectivity index (χ2n) is 4.97. The number of benzene rings is 1. The van der Waals surface area contributed by atoms with E-state index in [1.54, 1.807) is 6.33 Å². The third kappa shape index (κ3) is 2.76. The highest BCUT2D eigenvalue weighted by Crippen LogP contribution is 2.20. The lowest BCUT2D eigenvalue weighted by molar-refractivity contribution is -0.118. The summed E-state index contributed by atoms with van der Waals surface area (Å²) in [5.41, 5.74) is 3.93. The number of aromatic nitrogens is 2. The Morgan fingerprint density at radius 1 is 1.45 bits per heavy atom. The van der Waals surface area contributed by atoms with Crippen LogP contribution in [0.15, 0.2) is 29.0 Å². The Kier molecular flexibility index (Phi) is 3.58. The van der Waals surface area contributed by atoms with Crippen molar-refractivity contribution in [2.45, 2.75) is 25.9 Å². The molecule has 0 saturated heterocycles. The highest BCUT2D eigenvalue weighted by Gasteiger charge is 2.25. The van der Waals surface area contributed by atoms with Gasteiger partial charge in [-0.25, -0.2) is 4.98 Å². The van der Waals surface area contributed by atoms with Crippen LogP contribution in [0.5, 0.6) is 0 Å². The van der Waals surface area contributed by atoms with Crippen LogP contribution in [0.1, 0.15) is 17.0 Å². The number of anilines is 1. The Bertz CT molecular complexity index is 632. The zero-order valence-electron chi connectivity index (χ0n) is 11.0. The number of halogens is 1. The highest BCUT2D eigenvalue weighted by molar-refractivity contribution is 9.10. The molecule has 1 amide bonds. The fourth-order valence-corrected chi connectivity index (χ4v) is 3.00. The molecule has 2 heterocycles. The van der Waals surface area contributed by atoms with E-state index in [1.807, 2.05) is 25.1 Å². The molecule has 1 aliphatic heterocycles. The van der Waals surface area contributed by atoms with Crippen LogP contribution in [0.3, 0.4) is 0 Å². The van der Waals surface area contributed by atoms with Crippen molar-refractivity contribution in [2.75, 3.05) is 5.32 Å². The quantitative estimate of drug-likeness (QED) is 0.788. The maximum Gasteiger partial charge on any atom is 0.241 e. The molecule has 1 aromatic carbocycles. The number of imidazole rings is 1. The summed E-state index contributed by atoms with van der Waals surface area (Å²) in [6, 6.07) is 5.61. The SMILES string of the molecule is Cc1cc(Br)cc(NC(=O)C2Cc3nc[nH]c3CN2)c1. The Hall–Kier alpha value is -1.66. The molecule has 0 saturated carbocycles. The number of H-pyrrole nitrogens is 1. The number of carbonyl (C=O) groups excluding carboxylic acids is 1. The summed E-state index contributed by atoms with van der Waals surface area (Å²) in [5.74, 6) is -0.0313. The first kappa shape index (κ1) is 13.3. The number of amides is 1. The molecule has 1 unspecified atom stereocenters. The molecule has 5 nitrogen and oxygen atoms in total. The highest BCUT2D eigenvalue weighted by atomic mass is 79.9. The number of carbonyl (C=O) groups is 1. The lowest BCUT2D eigenvalue weighted by Crippen LogP contribution is -2.44. The minimum absolute atomic E-state index is 0.0313. The van der Waals surface area contributed by atoms with Gasteiger partial charge in [0.15, 0.2) is 0 Å². The fraction of sp³-hybridized carbons (Fsp3) is 0.286. The molecule has 3 rings (SSSR count). The normalized spacial score (nSPS) is 17.6. The maximum absolute atomic E-state index is 12.3. The van der Waals surface area contributed by atoms with Crippen LogP contribution in [0, 0.1) is 6.92 Å². The van der Waals surface area contributed by atoms with Crippen molar-refractivity contribution in [1.82, 2.24) is 15.3 Å². The number of aryl methyl sites for hydroxylation is 1. The number of nitrogens with one attached hydrogen (secondary N) is 3. The molecule has 0 bridgehead atoms. The summed E-state index contributed by atoms with van der Waals surface area (Å²) in [5, 5.41) is 6.16. The Morgan fingerprint density at radius 2 is 2.30 bits per heavy atom. The molecule has 0 aliphatic carbocycles. The van der Waals surface area contributed by atoms with Crippen molar-refractivity contribution in [2.24, 2.45) is 0 Å². The summed E-state index contributed by atoms with van der Waals surface area (Å²) in [4.78, 5) is 19.6. The van der Waals surface area contributed by atoms with Crippen LogP contribution in [-0.2, 0) is 17.8 Å². The Labute approximate surface area is 125 Å². The van der Waals surface area contributed by atoms with Gasteiger partial charge in [0, 0.05) is 23.1 Å². The van der Waals surface area contributed by atoms with Crippen molar-refractivity contribution >= 4 is 27.5 Å². The van der Waals surface area contributed by atoms with E-state index in [-0.39, 0.29) is 11.9 Å². The van der Waals surface area contributed by atoms with Crippen molar-refractivity contribution in [1.29, 1.82) is 0 Å². The van der Waals surface area contributed by atoms with Crippen LogP contribution in [0.4, 0.5) is 5.69 Å². The third-order valence-corrected chi connectivity index (χ3v) is 3.81. The van der Waals surface area contributed by atoms with Crippen LogP contribution in [-0.4, -0.2) is 21.9 Å². The lowest BCUT2D eigenvalue weighted by Gasteiger charge is -2.22. The third-order valence-electron chi connectivity index (χ3n) is 3.36. The Balaban J connectivity index is 1.71. The first-order chi connectivity index (χ1) is 9.61. The molecule has 0 fully saturated rings. The molecule has 3 N–H and O–H groups in total. The van der Waals surface area contributed by atoms with Crippen molar-refractivity contribution in [3.8, 4) is 0 Å². The second-order valence-corrected chi connectivity index (χ2v) is 5.89. The predicted octanol–water partition coefficient (Wildman–Crippen LogP) is 2.13. The van der Waals surface area contributed by atoms with Gasteiger partial charge in [0.2, 0.25) is 5.91 Å². The lowest BCUT2D eigenvalue weighted by atomic mass is 10.0. The average molecular weight is 335 g/mol. The van der Waals surface area contributed by atoms with Gasteiger partial charge < -0.3 is 10.3 Å². The first-order valence-electron chi connectivity index (χ1n) is 6.44. The van der Waals surface area contributed by atoms with Gasteiger partial charge in [-0.1, -0.05) is 15.9 Å².